The lowest BCUT2D eigenvalue weighted by Crippen LogP contribution is -2.49. The summed E-state index contributed by atoms with van der Waals surface area (Å²) in [5, 5.41) is 13.7. The maximum absolute atomic E-state index is 12.4. The number of aliphatic carboxylic acids is 1. The van der Waals surface area contributed by atoms with Crippen LogP contribution in [0.2, 0.25) is 0 Å². The Labute approximate surface area is 140 Å². The van der Waals surface area contributed by atoms with Crippen molar-refractivity contribution in [3.8, 4) is 0 Å². The molecule has 1 unspecified atom stereocenters. The Hall–Kier alpha value is -1.36. The summed E-state index contributed by atoms with van der Waals surface area (Å²) < 4.78 is 0.369. The standard InChI is InChI=1S/C18H32N2O3/c1-15-10-7-5-4-6-8-11-16(15)18(23)19-12-9-13-20(2,3)14-17(21)22/h16H,1,4-14H2,2-3H3,(H-,19,21,22,23). The average Bonchev–Trinajstić information content (AvgIpc) is 2.54. The fourth-order valence-corrected chi connectivity index (χ4v) is 3.20. The molecule has 1 N–H and O–H groups in total. The average molecular weight is 324 g/mol. The van der Waals surface area contributed by atoms with E-state index in [0.29, 0.717) is 17.6 Å². The van der Waals surface area contributed by atoms with Gasteiger partial charge in [-0.3, -0.25) is 4.79 Å². The van der Waals surface area contributed by atoms with Gasteiger partial charge in [0.15, 0.2) is 0 Å². The maximum Gasteiger partial charge on any atom is 0.227 e. The van der Waals surface area contributed by atoms with Gasteiger partial charge in [-0.25, -0.2) is 0 Å². The highest BCUT2D eigenvalue weighted by Crippen LogP contribution is 2.25. The normalized spacial score (nSPS) is 20.3. The summed E-state index contributed by atoms with van der Waals surface area (Å²) in [6.07, 6.45) is 8.53. The highest BCUT2D eigenvalue weighted by atomic mass is 16.4. The van der Waals surface area contributed by atoms with Crippen molar-refractivity contribution < 1.29 is 19.2 Å². The van der Waals surface area contributed by atoms with Crippen molar-refractivity contribution in [1.29, 1.82) is 0 Å². The van der Waals surface area contributed by atoms with Gasteiger partial charge in [-0.15, -0.1) is 0 Å². The number of carbonyl (C=O) groups excluding carboxylic acids is 2. The number of amides is 1. The number of carbonyl (C=O) groups is 2. The predicted molar refractivity (Wildman–Crippen MR) is 89.4 cm³/mol. The van der Waals surface area contributed by atoms with Crippen LogP contribution >= 0.6 is 0 Å². The van der Waals surface area contributed by atoms with Crippen molar-refractivity contribution in [3.63, 3.8) is 0 Å². The number of hydrogen-bond acceptors (Lipinski definition) is 3. The number of rotatable bonds is 7. The van der Waals surface area contributed by atoms with Gasteiger partial charge in [0.05, 0.1) is 32.5 Å². The zero-order chi connectivity index (χ0) is 17.3. The first-order chi connectivity index (χ1) is 10.8. The molecule has 1 rings (SSSR count). The van der Waals surface area contributed by atoms with E-state index in [1.54, 1.807) is 0 Å². The molecule has 1 fully saturated rings. The Morgan fingerprint density at radius 1 is 1.22 bits per heavy atom. The molecule has 0 radical (unpaired) electrons. The molecule has 23 heavy (non-hydrogen) atoms. The molecule has 5 heteroatoms. The number of likely N-dealkylation sites (N-methyl/N-ethyl adjacent to an activating group) is 1. The zero-order valence-corrected chi connectivity index (χ0v) is 14.7. The van der Waals surface area contributed by atoms with Crippen LogP contribution in [-0.2, 0) is 9.59 Å². The first-order valence-electron chi connectivity index (χ1n) is 8.79. The van der Waals surface area contributed by atoms with Crippen LogP contribution in [0, 0.1) is 5.92 Å². The van der Waals surface area contributed by atoms with E-state index in [0.717, 1.165) is 37.7 Å². The molecule has 1 amide bonds. The minimum atomic E-state index is -1.04. The van der Waals surface area contributed by atoms with E-state index in [-0.39, 0.29) is 18.4 Å². The Balaban J connectivity index is 2.36. The van der Waals surface area contributed by atoms with Crippen LogP contribution < -0.4 is 10.4 Å². The third-order valence-electron chi connectivity index (χ3n) is 4.60. The molecule has 0 aliphatic heterocycles. The number of nitrogens with one attached hydrogen (secondary N) is 1. The molecule has 5 nitrogen and oxygen atoms in total. The molecule has 1 aliphatic rings. The smallest absolute Gasteiger partial charge is 0.227 e. The maximum atomic E-state index is 12.4. The quantitative estimate of drug-likeness (QED) is 0.435. The lowest BCUT2D eigenvalue weighted by molar-refractivity contribution is -0.884. The topological polar surface area (TPSA) is 69.2 Å². The van der Waals surface area contributed by atoms with Gasteiger partial charge >= 0.3 is 0 Å². The van der Waals surface area contributed by atoms with Gasteiger partial charge in [-0.05, 0) is 19.3 Å². The second-order valence-corrected chi connectivity index (χ2v) is 7.35. The molecule has 1 saturated carbocycles. The molecule has 1 atom stereocenters. The summed E-state index contributed by atoms with van der Waals surface area (Å²) in [7, 11) is 3.72. The summed E-state index contributed by atoms with van der Waals surface area (Å²) in [4.78, 5) is 23.1. The van der Waals surface area contributed by atoms with Crippen molar-refractivity contribution in [2.75, 3.05) is 33.7 Å². The van der Waals surface area contributed by atoms with Crippen molar-refractivity contribution >= 4 is 11.9 Å². The lowest BCUT2D eigenvalue weighted by Gasteiger charge is -2.30. The summed E-state index contributed by atoms with van der Waals surface area (Å²) in [5.74, 6) is -1.01. The van der Waals surface area contributed by atoms with E-state index in [9.17, 15) is 14.7 Å². The minimum absolute atomic E-state index is 0.00657. The summed E-state index contributed by atoms with van der Waals surface area (Å²) in [5.41, 5.74) is 1.07. The first-order valence-corrected chi connectivity index (χ1v) is 8.79. The third kappa shape index (κ3) is 8.16. The molecule has 1 aliphatic carbocycles. The second kappa shape index (κ2) is 9.71. The molecule has 132 valence electrons. The Kier molecular flexibility index (Phi) is 8.31. The highest BCUT2D eigenvalue weighted by Gasteiger charge is 2.22. The van der Waals surface area contributed by atoms with Gasteiger partial charge < -0.3 is 19.7 Å². The SMILES string of the molecule is C=C1CCCCCCCC1C(=O)NCCC[N+](C)(C)CC(=O)[O-]. The van der Waals surface area contributed by atoms with Gasteiger partial charge in [0, 0.05) is 13.0 Å². The van der Waals surface area contributed by atoms with Crippen LogP contribution in [-0.4, -0.2) is 50.1 Å². The number of carboxylic acid groups (broad SMARTS) is 1. The Morgan fingerprint density at radius 3 is 2.57 bits per heavy atom. The molecule has 0 spiro atoms. The lowest BCUT2D eigenvalue weighted by atomic mass is 9.91. The molecule has 0 saturated heterocycles. The van der Waals surface area contributed by atoms with E-state index in [4.69, 9.17) is 0 Å². The molecular formula is C18H32N2O3. The van der Waals surface area contributed by atoms with Crippen molar-refractivity contribution in [3.05, 3.63) is 12.2 Å². The van der Waals surface area contributed by atoms with Crippen LogP contribution in [0.1, 0.15) is 51.4 Å². The fourth-order valence-electron chi connectivity index (χ4n) is 3.20. The molecule has 0 aromatic heterocycles. The molecule has 0 heterocycles. The van der Waals surface area contributed by atoms with Crippen molar-refractivity contribution in [2.45, 2.75) is 51.4 Å². The monoisotopic (exact) mass is 324 g/mol. The van der Waals surface area contributed by atoms with E-state index >= 15 is 0 Å². The first kappa shape index (κ1) is 19.7. The Bertz CT molecular complexity index is 418. The fraction of sp³-hybridized carbons (Fsp3) is 0.778. The largest absolute Gasteiger partial charge is 0.544 e. The number of carboxylic acids is 1. The summed E-state index contributed by atoms with van der Waals surface area (Å²) in [6.45, 7) is 5.39. The van der Waals surface area contributed by atoms with E-state index in [2.05, 4.69) is 11.9 Å². The highest BCUT2D eigenvalue weighted by molar-refractivity contribution is 5.81. The van der Waals surface area contributed by atoms with E-state index in [1.165, 1.54) is 19.3 Å². The molecule has 0 aromatic rings. The molecular weight excluding hydrogens is 292 g/mol. The van der Waals surface area contributed by atoms with Crippen LogP contribution in [0.4, 0.5) is 0 Å². The van der Waals surface area contributed by atoms with Crippen molar-refractivity contribution in [2.24, 2.45) is 5.92 Å². The van der Waals surface area contributed by atoms with Crippen molar-refractivity contribution in [1.82, 2.24) is 5.32 Å². The molecule has 0 bridgehead atoms. The van der Waals surface area contributed by atoms with Gasteiger partial charge in [0.1, 0.15) is 6.54 Å². The second-order valence-electron chi connectivity index (χ2n) is 7.35. The van der Waals surface area contributed by atoms with E-state index in [1.807, 2.05) is 14.1 Å². The van der Waals surface area contributed by atoms with Crippen LogP contribution in [0.3, 0.4) is 0 Å². The predicted octanol–water partition coefficient (Wildman–Crippen LogP) is 1.24. The Morgan fingerprint density at radius 2 is 1.87 bits per heavy atom. The van der Waals surface area contributed by atoms with Crippen LogP contribution in [0.15, 0.2) is 12.2 Å². The van der Waals surface area contributed by atoms with Gasteiger partial charge in [-0.1, -0.05) is 37.8 Å². The van der Waals surface area contributed by atoms with Crippen LogP contribution in [0.5, 0.6) is 0 Å². The summed E-state index contributed by atoms with van der Waals surface area (Å²) >= 11 is 0. The summed E-state index contributed by atoms with van der Waals surface area (Å²) in [6, 6.07) is 0. The zero-order valence-electron chi connectivity index (χ0n) is 14.7. The number of quaternary nitrogens is 1. The number of nitrogens with zero attached hydrogens (tertiary/aromatic N) is 1. The van der Waals surface area contributed by atoms with Gasteiger partial charge in [0.25, 0.3) is 0 Å². The third-order valence-corrected chi connectivity index (χ3v) is 4.60. The molecule has 0 aromatic carbocycles. The van der Waals surface area contributed by atoms with Gasteiger partial charge in [-0.2, -0.15) is 0 Å². The van der Waals surface area contributed by atoms with Crippen LogP contribution in [0.25, 0.3) is 0 Å². The minimum Gasteiger partial charge on any atom is -0.544 e. The van der Waals surface area contributed by atoms with E-state index < -0.39 is 5.97 Å². The van der Waals surface area contributed by atoms with Gasteiger partial charge in [0.2, 0.25) is 5.91 Å². The number of hydrogen-bond donors (Lipinski definition) is 1.